The van der Waals surface area contributed by atoms with Gasteiger partial charge in [-0.25, -0.2) is 13.9 Å². The van der Waals surface area contributed by atoms with Crippen LogP contribution in [-0.4, -0.2) is 25.6 Å². The SMILES string of the molecule is CC[C@H](C)C(NS(=O)(=O)c1cccc(Cl)c1)C(=O)NO. The second-order valence-corrected chi connectivity index (χ2v) is 6.57. The monoisotopic (exact) mass is 320 g/mol. The second kappa shape index (κ2) is 7.03. The molecular formula is C12H17ClN2O4S. The van der Waals surface area contributed by atoms with Gasteiger partial charge in [0.05, 0.1) is 4.90 Å². The summed E-state index contributed by atoms with van der Waals surface area (Å²) in [5, 5.41) is 8.98. The van der Waals surface area contributed by atoms with Crippen molar-refractivity contribution in [2.75, 3.05) is 0 Å². The average molecular weight is 321 g/mol. The standard InChI is InChI=1S/C12H17ClN2O4S/c1-3-8(2)11(12(16)14-17)15-20(18,19)10-6-4-5-9(13)7-10/h4-8,11,15,17H,3H2,1-2H3,(H,14,16)/t8-,11?/m0/s1. The van der Waals surface area contributed by atoms with E-state index in [1.807, 2.05) is 6.92 Å². The Morgan fingerprint density at radius 1 is 1.45 bits per heavy atom. The van der Waals surface area contributed by atoms with Crippen molar-refractivity contribution in [3.8, 4) is 0 Å². The van der Waals surface area contributed by atoms with Crippen LogP contribution in [0, 0.1) is 5.92 Å². The number of sulfonamides is 1. The molecule has 0 saturated carbocycles. The van der Waals surface area contributed by atoms with Crippen LogP contribution in [0.1, 0.15) is 20.3 Å². The highest BCUT2D eigenvalue weighted by Crippen LogP contribution is 2.17. The first-order valence-electron chi connectivity index (χ1n) is 6.03. The lowest BCUT2D eigenvalue weighted by Crippen LogP contribution is -2.49. The molecule has 0 fully saturated rings. The number of halogens is 1. The van der Waals surface area contributed by atoms with Crippen LogP contribution in [0.2, 0.25) is 5.02 Å². The van der Waals surface area contributed by atoms with Gasteiger partial charge in [0.1, 0.15) is 6.04 Å². The smallest absolute Gasteiger partial charge is 0.261 e. The van der Waals surface area contributed by atoms with Crippen LogP contribution < -0.4 is 10.2 Å². The first-order valence-corrected chi connectivity index (χ1v) is 7.89. The molecule has 0 radical (unpaired) electrons. The zero-order valence-corrected chi connectivity index (χ0v) is 12.7. The Morgan fingerprint density at radius 2 is 2.10 bits per heavy atom. The summed E-state index contributed by atoms with van der Waals surface area (Å²) in [6.07, 6.45) is 0.566. The molecule has 0 bridgehead atoms. The maximum atomic E-state index is 12.2. The molecule has 8 heteroatoms. The fourth-order valence-electron chi connectivity index (χ4n) is 1.60. The average Bonchev–Trinajstić information content (AvgIpc) is 2.43. The Morgan fingerprint density at radius 3 is 2.60 bits per heavy atom. The van der Waals surface area contributed by atoms with Crippen molar-refractivity contribution in [1.82, 2.24) is 10.2 Å². The maximum Gasteiger partial charge on any atom is 0.261 e. The van der Waals surface area contributed by atoms with E-state index < -0.39 is 22.0 Å². The summed E-state index contributed by atoms with van der Waals surface area (Å²) in [5.41, 5.74) is 1.47. The van der Waals surface area contributed by atoms with Gasteiger partial charge >= 0.3 is 0 Å². The molecule has 1 aromatic rings. The molecular weight excluding hydrogens is 304 g/mol. The number of rotatable bonds is 6. The molecule has 3 N–H and O–H groups in total. The molecule has 1 amide bonds. The van der Waals surface area contributed by atoms with E-state index in [0.29, 0.717) is 6.42 Å². The van der Waals surface area contributed by atoms with Crippen molar-refractivity contribution in [3.05, 3.63) is 29.3 Å². The Balaban J connectivity index is 3.06. The predicted octanol–water partition coefficient (Wildman–Crippen LogP) is 1.54. The zero-order valence-electron chi connectivity index (χ0n) is 11.1. The van der Waals surface area contributed by atoms with Crippen LogP contribution >= 0.6 is 11.6 Å². The third-order valence-corrected chi connectivity index (χ3v) is 4.67. The number of hydrogen-bond acceptors (Lipinski definition) is 4. The van der Waals surface area contributed by atoms with Crippen molar-refractivity contribution in [1.29, 1.82) is 0 Å². The van der Waals surface area contributed by atoms with Crippen LogP contribution in [0.15, 0.2) is 29.2 Å². The van der Waals surface area contributed by atoms with Gasteiger partial charge in [0.25, 0.3) is 5.91 Å². The van der Waals surface area contributed by atoms with E-state index in [9.17, 15) is 13.2 Å². The van der Waals surface area contributed by atoms with Crippen molar-refractivity contribution in [2.45, 2.75) is 31.2 Å². The molecule has 0 aromatic heterocycles. The lowest BCUT2D eigenvalue weighted by molar-refractivity contribution is -0.132. The molecule has 0 heterocycles. The molecule has 20 heavy (non-hydrogen) atoms. The highest BCUT2D eigenvalue weighted by atomic mass is 35.5. The normalized spacial score (nSPS) is 14.6. The van der Waals surface area contributed by atoms with E-state index in [2.05, 4.69) is 4.72 Å². The summed E-state index contributed by atoms with van der Waals surface area (Å²) in [6, 6.07) is 4.65. The molecule has 0 spiro atoms. The largest absolute Gasteiger partial charge is 0.289 e. The van der Waals surface area contributed by atoms with E-state index >= 15 is 0 Å². The number of amides is 1. The highest BCUT2D eigenvalue weighted by molar-refractivity contribution is 7.89. The molecule has 0 aliphatic rings. The summed E-state index contributed by atoms with van der Waals surface area (Å²) >= 11 is 5.76. The Bertz CT molecular complexity index is 577. The van der Waals surface area contributed by atoms with Gasteiger partial charge < -0.3 is 0 Å². The quantitative estimate of drug-likeness (QED) is 0.547. The summed E-state index contributed by atoms with van der Waals surface area (Å²) in [6.45, 7) is 3.52. The topological polar surface area (TPSA) is 95.5 Å². The van der Waals surface area contributed by atoms with Crippen molar-refractivity contribution in [3.63, 3.8) is 0 Å². The minimum absolute atomic E-state index is 0.0379. The van der Waals surface area contributed by atoms with E-state index in [-0.39, 0.29) is 15.8 Å². The van der Waals surface area contributed by atoms with E-state index in [1.54, 1.807) is 13.0 Å². The van der Waals surface area contributed by atoms with Gasteiger partial charge in [0, 0.05) is 5.02 Å². The molecule has 112 valence electrons. The molecule has 0 saturated heterocycles. The number of hydrogen-bond donors (Lipinski definition) is 3. The molecule has 0 aliphatic carbocycles. The van der Waals surface area contributed by atoms with Crippen LogP contribution in [0.4, 0.5) is 0 Å². The Labute approximate surface area is 123 Å². The van der Waals surface area contributed by atoms with Gasteiger partial charge in [0.2, 0.25) is 10.0 Å². The predicted molar refractivity (Wildman–Crippen MR) is 74.9 cm³/mol. The van der Waals surface area contributed by atoms with Crippen LogP contribution in [0.5, 0.6) is 0 Å². The maximum absolute atomic E-state index is 12.2. The summed E-state index contributed by atoms with van der Waals surface area (Å²) in [7, 11) is -3.90. The fraction of sp³-hybridized carbons (Fsp3) is 0.417. The Hall–Kier alpha value is -1.15. The minimum atomic E-state index is -3.90. The van der Waals surface area contributed by atoms with Crippen molar-refractivity contribution in [2.24, 2.45) is 5.92 Å². The van der Waals surface area contributed by atoms with Gasteiger partial charge in [0.15, 0.2) is 0 Å². The summed E-state index contributed by atoms with van der Waals surface area (Å²) < 4.78 is 26.7. The van der Waals surface area contributed by atoms with Gasteiger partial charge in [-0.05, 0) is 24.1 Å². The van der Waals surface area contributed by atoms with Gasteiger partial charge in [-0.2, -0.15) is 4.72 Å². The molecule has 6 nitrogen and oxygen atoms in total. The lowest BCUT2D eigenvalue weighted by atomic mass is 10.00. The van der Waals surface area contributed by atoms with Crippen molar-refractivity contribution >= 4 is 27.5 Å². The van der Waals surface area contributed by atoms with Crippen LogP contribution in [-0.2, 0) is 14.8 Å². The van der Waals surface area contributed by atoms with Gasteiger partial charge in [-0.3, -0.25) is 10.0 Å². The molecule has 2 atom stereocenters. The Kier molecular flexibility index (Phi) is 5.94. The van der Waals surface area contributed by atoms with Crippen molar-refractivity contribution < 1.29 is 18.4 Å². The minimum Gasteiger partial charge on any atom is -0.289 e. The highest BCUT2D eigenvalue weighted by Gasteiger charge is 2.29. The van der Waals surface area contributed by atoms with E-state index in [0.717, 1.165) is 0 Å². The summed E-state index contributed by atoms with van der Waals surface area (Å²) in [4.78, 5) is 11.5. The molecule has 0 aliphatic heterocycles. The molecule has 1 unspecified atom stereocenters. The third kappa shape index (κ3) is 4.17. The molecule has 1 rings (SSSR count). The third-order valence-electron chi connectivity index (χ3n) is 2.99. The second-order valence-electron chi connectivity index (χ2n) is 4.42. The number of nitrogens with one attached hydrogen (secondary N) is 2. The first kappa shape index (κ1) is 16.9. The summed E-state index contributed by atoms with van der Waals surface area (Å²) in [5.74, 6) is -1.08. The number of carbonyl (C=O) groups is 1. The lowest BCUT2D eigenvalue weighted by Gasteiger charge is -2.22. The number of carbonyl (C=O) groups excluding carboxylic acids is 1. The fourth-order valence-corrected chi connectivity index (χ4v) is 3.21. The van der Waals surface area contributed by atoms with Gasteiger partial charge in [-0.1, -0.05) is 37.9 Å². The van der Waals surface area contributed by atoms with E-state index in [4.69, 9.17) is 16.8 Å². The van der Waals surface area contributed by atoms with Crippen LogP contribution in [0.3, 0.4) is 0 Å². The molecule has 1 aromatic carbocycles. The van der Waals surface area contributed by atoms with Crippen LogP contribution in [0.25, 0.3) is 0 Å². The zero-order chi connectivity index (χ0) is 15.3. The number of benzene rings is 1. The number of hydroxylamine groups is 1. The first-order chi connectivity index (χ1) is 9.31. The van der Waals surface area contributed by atoms with Gasteiger partial charge in [-0.15, -0.1) is 0 Å². The van der Waals surface area contributed by atoms with E-state index in [1.165, 1.54) is 23.7 Å².